The SMILES string of the molecule is CCCCN=C(N)NC(=O)C(Cc1ccc(-c2ccccc2)c(CN2CCN(C(=O)c3ccccc3)CC2)c1OCCCOC)OC(=O)C(F)(F)F. The van der Waals surface area contributed by atoms with E-state index in [4.69, 9.17) is 19.9 Å². The van der Waals surface area contributed by atoms with Crippen LogP contribution in [0.5, 0.6) is 5.75 Å². The van der Waals surface area contributed by atoms with Crippen LogP contribution >= 0.6 is 0 Å². The van der Waals surface area contributed by atoms with Gasteiger partial charge in [-0.25, -0.2) is 4.79 Å². The molecule has 280 valence electrons. The maximum absolute atomic E-state index is 13.4. The van der Waals surface area contributed by atoms with Crippen molar-refractivity contribution in [2.75, 3.05) is 53.0 Å². The Bertz CT molecular complexity index is 1650. The number of piperazine rings is 1. The van der Waals surface area contributed by atoms with Crippen molar-refractivity contribution in [2.24, 2.45) is 10.7 Å². The summed E-state index contributed by atoms with van der Waals surface area (Å²) in [5, 5.41) is 2.28. The fourth-order valence-corrected chi connectivity index (χ4v) is 5.72. The largest absolute Gasteiger partial charge is 0.493 e. The van der Waals surface area contributed by atoms with Crippen molar-refractivity contribution in [2.45, 2.75) is 51.4 Å². The number of amides is 2. The predicted octanol–water partition coefficient (Wildman–Crippen LogP) is 4.97. The van der Waals surface area contributed by atoms with Crippen LogP contribution in [0.15, 0.2) is 77.8 Å². The molecule has 0 spiro atoms. The number of nitrogens with one attached hydrogen (secondary N) is 1. The maximum atomic E-state index is 13.4. The molecule has 0 aromatic heterocycles. The summed E-state index contributed by atoms with van der Waals surface area (Å²) < 4.78 is 56.6. The first-order valence-electron chi connectivity index (χ1n) is 17.3. The molecule has 1 aliphatic heterocycles. The molecule has 11 nitrogen and oxygen atoms in total. The van der Waals surface area contributed by atoms with E-state index in [2.05, 4.69) is 15.2 Å². The monoisotopic (exact) mass is 725 g/mol. The van der Waals surface area contributed by atoms with Crippen molar-refractivity contribution >= 4 is 23.7 Å². The lowest BCUT2D eigenvalue weighted by Gasteiger charge is -2.35. The van der Waals surface area contributed by atoms with Crippen LogP contribution in [0.1, 0.15) is 47.7 Å². The lowest BCUT2D eigenvalue weighted by molar-refractivity contribution is -0.205. The highest BCUT2D eigenvalue weighted by Crippen LogP contribution is 2.37. The van der Waals surface area contributed by atoms with E-state index in [1.807, 2.05) is 61.5 Å². The number of rotatable bonds is 16. The number of unbranched alkanes of at least 4 members (excludes halogenated alkanes) is 1. The highest BCUT2D eigenvalue weighted by Gasteiger charge is 2.43. The zero-order valence-electron chi connectivity index (χ0n) is 29.5. The minimum Gasteiger partial charge on any atom is -0.493 e. The van der Waals surface area contributed by atoms with E-state index in [9.17, 15) is 27.6 Å². The van der Waals surface area contributed by atoms with Gasteiger partial charge in [-0.2, -0.15) is 13.2 Å². The Labute approximate surface area is 301 Å². The third-order valence-electron chi connectivity index (χ3n) is 8.45. The van der Waals surface area contributed by atoms with Crippen LogP contribution in [0.4, 0.5) is 13.2 Å². The molecule has 1 aliphatic rings. The number of halogens is 3. The Kier molecular flexibility index (Phi) is 15.0. The van der Waals surface area contributed by atoms with E-state index in [-0.39, 0.29) is 18.5 Å². The van der Waals surface area contributed by atoms with Crippen molar-refractivity contribution in [3.05, 3.63) is 89.5 Å². The predicted molar refractivity (Wildman–Crippen MR) is 191 cm³/mol. The van der Waals surface area contributed by atoms with Gasteiger partial charge in [0.05, 0.1) is 6.61 Å². The van der Waals surface area contributed by atoms with Crippen LogP contribution < -0.4 is 15.8 Å². The fourth-order valence-electron chi connectivity index (χ4n) is 5.72. The molecule has 2 amide bonds. The lowest BCUT2D eigenvalue weighted by atomic mass is 9.93. The molecule has 1 fully saturated rings. The van der Waals surface area contributed by atoms with Crippen LogP contribution in [-0.4, -0.2) is 98.9 Å². The first-order valence-corrected chi connectivity index (χ1v) is 17.3. The van der Waals surface area contributed by atoms with E-state index in [1.54, 1.807) is 30.2 Å². The van der Waals surface area contributed by atoms with E-state index in [0.717, 1.165) is 23.1 Å². The van der Waals surface area contributed by atoms with Crippen LogP contribution in [0, 0.1) is 0 Å². The highest BCUT2D eigenvalue weighted by molar-refractivity contribution is 5.99. The summed E-state index contributed by atoms with van der Waals surface area (Å²) in [6, 6.07) is 22.1. The number of esters is 1. The molecule has 0 bridgehead atoms. The summed E-state index contributed by atoms with van der Waals surface area (Å²) in [5.74, 6) is -3.57. The van der Waals surface area contributed by atoms with E-state index in [0.29, 0.717) is 75.6 Å². The van der Waals surface area contributed by atoms with E-state index < -0.39 is 30.6 Å². The van der Waals surface area contributed by atoms with Gasteiger partial charge in [-0.3, -0.25) is 24.8 Å². The summed E-state index contributed by atoms with van der Waals surface area (Å²) >= 11 is 0. The summed E-state index contributed by atoms with van der Waals surface area (Å²) in [5.41, 5.74) is 9.23. The van der Waals surface area contributed by atoms with E-state index in [1.165, 1.54) is 0 Å². The molecule has 3 aromatic carbocycles. The van der Waals surface area contributed by atoms with Gasteiger partial charge in [0.15, 0.2) is 12.1 Å². The molecule has 14 heteroatoms. The van der Waals surface area contributed by atoms with Gasteiger partial charge in [-0.1, -0.05) is 74.0 Å². The number of hydrogen-bond acceptors (Lipinski definition) is 8. The van der Waals surface area contributed by atoms with E-state index >= 15 is 0 Å². The molecule has 52 heavy (non-hydrogen) atoms. The normalized spacial score (nSPS) is 14.5. The maximum Gasteiger partial charge on any atom is 0.490 e. The Balaban J connectivity index is 1.70. The minimum atomic E-state index is -5.34. The second-order valence-corrected chi connectivity index (χ2v) is 12.3. The number of guanidine groups is 1. The Hall–Kier alpha value is -4.95. The number of aliphatic imine (C=N–C) groups is 1. The molecule has 0 saturated carbocycles. The fraction of sp³-hybridized carbons (Fsp3) is 0.421. The van der Waals surface area contributed by atoms with Gasteiger partial charge >= 0.3 is 12.1 Å². The molecule has 4 rings (SSSR count). The zero-order chi connectivity index (χ0) is 37.5. The quantitative estimate of drug-likeness (QED) is 0.0915. The Morgan fingerprint density at radius 1 is 0.923 bits per heavy atom. The molecule has 1 saturated heterocycles. The first-order chi connectivity index (χ1) is 25.0. The van der Waals surface area contributed by atoms with Gasteiger partial charge in [0, 0.05) is 77.0 Å². The average molecular weight is 726 g/mol. The molecule has 3 N–H and O–H groups in total. The molecule has 1 heterocycles. The number of hydrogen-bond donors (Lipinski definition) is 2. The van der Waals surface area contributed by atoms with Gasteiger partial charge in [-0.15, -0.1) is 0 Å². The summed E-state index contributed by atoms with van der Waals surface area (Å²) in [7, 11) is 1.56. The van der Waals surface area contributed by atoms with Crippen LogP contribution in [0.2, 0.25) is 0 Å². The smallest absolute Gasteiger partial charge is 0.490 e. The molecule has 1 atom stereocenters. The number of methoxy groups -OCH3 is 1. The van der Waals surface area contributed by atoms with Gasteiger partial charge in [0.25, 0.3) is 11.8 Å². The minimum absolute atomic E-state index is 0.0526. The number of carbonyl (C=O) groups is 3. The number of carbonyl (C=O) groups excluding carboxylic acids is 3. The number of benzene rings is 3. The number of alkyl halides is 3. The van der Waals surface area contributed by atoms with Crippen LogP contribution in [-0.2, 0) is 32.0 Å². The molecule has 0 radical (unpaired) electrons. The first kappa shape index (κ1) is 39.8. The van der Waals surface area contributed by atoms with Gasteiger partial charge in [0.1, 0.15) is 5.75 Å². The topological polar surface area (TPSA) is 136 Å². The second kappa shape index (κ2) is 19.6. The van der Waals surface area contributed by atoms with Crippen molar-refractivity contribution < 1.29 is 41.8 Å². The van der Waals surface area contributed by atoms with Gasteiger partial charge in [0.2, 0.25) is 0 Å². The van der Waals surface area contributed by atoms with Crippen LogP contribution in [0.3, 0.4) is 0 Å². The summed E-state index contributed by atoms with van der Waals surface area (Å²) in [6.07, 6.45) is -5.71. The average Bonchev–Trinajstić information content (AvgIpc) is 3.14. The third-order valence-corrected chi connectivity index (χ3v) is 8.45. The zero-order valence-corrected chi connectivity index (χ0v) is 29.5. The summed E-state index contributed by atoms with van der Waals surface area (Å²) in [6.45, 7) is 5.25. The second-order valence-electron chi connectivity index (χ2n) is 12.3. The molecule has 0 aliphatic carbocycles. The van der Waals surface area contributed by atoms with Gasteiger partial charge in [-0.05, 0) is 35.2 Å². The molecular formula is C38H46F3N5O6. The number of ether oxygens (including phenoxy) is 3. The van der Waals surface area contributed by atoms with Crippen molar-refractivity contribution in [3.8, 4) is 16.9 Å². The lowest BCUT2D eigenvalue weighted by Crippen LogP contribution is -2.48. The highest BCUT2D eigenvalue weighted by atomic mass is 19.4. The Morgan fingerprint density at radius 3 is 2.23 bits per heavy atom. The molecular weight excluding hydrogens is 679 g/mol. The number of nitrogens with zero attached hydrogens (tertiary/aromatic N) is 3. The third kappa shape index (κ3) is 11.5. The standard InChI is InChI=1S/C38H46F3N5O6/c1-3-4-18-43-37(42)44-34(47)32(52-36(49)38(39,40)41)25-29-16-17-30(27-12-7-5-8-13-27)31(33(29)51-24-11-23-50-2)26-45-19-21-46(22-20-45)35(48)28-14-9-6-10-15-28/h5-10,12-17,32H,3-4,11,18-26H2,1-2H3,(H3,42,43,44,47). The number of nitrogens with two attached hydrogens (primary N) is 1. The molecule has 3 aromatic rings. The molecule has 1 unspecified atom stereocenters. The van der Waals surface area contributed by atoms with Gasteiger partial charge < -0.3 is 24.8 Å². The van der Waals surface area contributed by atoms with Crippen molar-refractivity contribution in [1.82, 2.24) is 15.1 Å². The van der Waals surface area contributed by atoms with Crippen molar-refractivity contribution in [3.63, 3.8) is 0 Å². The summed E-state index contributed by atoms with van der Waals surface area (Å²) in [4.78, 5) is 46.5. The van der Waals surface area contributed by atoms with Crippen molar-refractivity contribution in [1.29, 1.82) is 0 Å². The van der Waals surface area contributed by atoms with Crippen LogP contribution in [0.25, 0.3) is 11.1 Å². The Morgan fingerprint density at radius 2 is 1.60 bits per heavy atom.